The molecule has 4 nitrogen and oxygen atoms in total. The van der Waals surface area contributed by atoms with Crippen LogP contribution in [0.3, 0.4) is 0 Å². The lowest BCUT2D eigenvalue weighted by molar-refractivity contribution is 0.397. The molecule has 2 aromatic rings. The van der Waals surface area contributed by atoms with Crippen LogP contribution in [0.25, 0.3) is 10.9 Å². The number of nitrogens with one attached hydrogen (secondary N) is 1. The van der Waals surface area contributed by atoms with E-state index in [1.54, 1.807) is 13.0 Å². The van der Waals surface area contributed by atoms with Crippen LogP contribution in [0.2, 0.25) is 5.02 Å². The standard InChI is InChI=1S/C13H14ClNO3/c1-6-7(2)15-12-9(18-4)5-8(17-3)11(14)10(12)13(6)16/h5H,1-4H3,(H,15,16). The zero-order valence-electron chi connectivity index (χ0n) is 10.7. The van der Waals surface area contributed by atoms with E-state index >= 15 is 0 Å². The Labute approximate surface area is 109 Å². The Hall–Kier alpha value is -1.68. The summed E-state index contributed by atoms with van der Waals surface area (Å²) in [4.78, 5) is 15.4. The molecule has 1 aromatic carbocycles. The van der Waals surface area contributed by atoms with Gasteiger partial charge in [-0.25, -0.2) is 0 Å². The summed E-state index contributed by atoms with van der Waals surface area (Å²) >= 11 is 6.20. The molecular formula is C13H14ClNO3. The number of fused-ring (bicyclic) bond motifs is 1. The van der Waals surface area contributed by atoms with E-state index in [4.69, 9.17) is 21.1 Å². The van der Waals surface area contributed by atoms with E-state index in [1.165, 1.54) is 14.2 Å². The number of rotatable bonds is 2. The van der Waals surface area contributed by atoms with Gasteiger partial charge < -0.3 is 14.5 Å². The zero-order valence-corrected chi connectivity index (χ0v) is 11.4. The summed E-state index contributed by atoms with van der Waals surface area (Å²) in [5.74, 6) is 0.959. The van der Waals surface area contributed by atoms with Gasteiger partial charge in [-0.2, -0.15) is 0 Å². The molecule has 0 bridgehead atoms. The summed E-state index contributed by atoms with van der Waals surface area (Å²) in [5, 5.41) is 0.702. The number of halogens is 1. The number of hydrogen-bond donors (Lipinski definition) is 1. The lowest BCUT2D eigenvalue weighted by Crippen LogP contribution is -2.11. The van der Waals surface area contributed by atoms with Gasteiger partial charge in [-0.05, 0) is 13.8 Å². The second kappa shape index (κ2) is 4.53. The Morgan fingerprint density at radius 1 is 1.17 bits per heavy atom. The van der Waals surface area contributed by atoms with Gasteiger partial charge in [0, 0.05) is 17.3 Å². The number of aromatic nitrogens is 1. The van der Waals surface area contributed by atoms with Crippen molar-refractivity contribution in [3.8, 4) is 11.5 Å². The molecule has 0 spiro atoms. The maximum atomic E-state index is 12.3. The summed E-state index contributed by atoms with van der Waals surface area (Å²) in [5.41, 5.74) is 1.92. The molecule has 0 saturated carbocycles. The number of ether oxygens (including phenoxy) is 2. The second-order valence-corrected chi connectivity index (χ2v) is 4.43. The van der Waals surface area contributed by atoms with Gasteiger partial charge >= 0.3 is 0 Å². The first-order chi connectivity index (χ1) is 8.51. The Morgan fingerprint density at radius 2 is 1.78 bits per heavy atom. The predicted molar refractivity (Wildman–Crippen MR) is 72.2 cm³/mol. The topological polar surface area (TPSA) is 51.3 Å². The van der Waals surface area contributed by atoms with E-state index in [0.717, 1.165) is 5.69 Å². The number of hydrogen-bond acceptors (Lipinski definition) is 3. The van der Waals surface area contributed by atoms with Gasteiger partial charge in [0.1, 0.15) is 11.5 Å². The fourth-order valence-corrected chi connectivity index (χ4v) is 2.21. The highest BCUT2D eigenvalue weighted by atomic mass is 35.5. The molecule has 0 aliphatic heterocycles. The average Bonchev–Trinajstić information content (AvgIpc) is 2.36. The number of H-pyrrole nitrogens is 1. The van der Waals surface area contributed by atoms with E-state index in [1.807, 2.05) is 6.92 Å². The molecule has 0 aliphatic rings. The molecule has 1 N–H and O–H groups in total. The molecular weight excluding hydrogens is 254 g/mol. The van der Waals surface area contributed by atoms with Gasteiger partial charge in [-0.3, -0.25) is 4.79 Å². The van der Waals surface area contributed by atoms with E-state index in [-0.39, 0.29) is 5.43 Å². The lowest BCUT2D eigenvalue weighted by Gasteiger charge is -2.12. The van der Waals surface area contributed by atoms with Crippen LogP contribution < -0.4 is 14.9 Å². The van der Waals surface area contributed by atoms with Gasteiger partial charge in [0.05, 0.1) is 30.1 Å². The second-order valence-electron chi connectivity index (χ2n) is 4.05. The number of aromatic amines is 1. The number of methoxy groups -OCH3 is 2. The normalized spacial score (nSPS) is 10.7. The molecule has 96 valence electrons. The first-order valence-electron chi connectivity index (χ1n) is 5.45. The minimum Gasteiger partial charge on any atom is -0.495 e. The molecule has 0 aliphatic carbocycles. The van der Waals surface area contributed by atoms with Crippen molar-refractivity contribution in [3.63, 3.8) is 0 Å². The van der Waals surface area contributed by atoms with Gasteiger partial charge in [-0.1, -0.05) is 11.6 Å². The van der Waals surface area contributed by atoms with E-state index < -0.39 is 0 Å². The molecule has 5 heteroatoms. The molecule has 18 heavy (non-hydrogen) atoms. The van der Waals surface area contributed by atoms with Gasteiger partial charge in [0.2, 0.25) is 0 Å². The van der Waals surface area contributed by atoms with Gasteiger partial charge in [0.15, 0.2) is 5.43 Å². The molecule has 2 rings (SSSR count). The molecule has 1 aromatic heterocycles. The van der Waals surface area contributed by atoms with Crippen molar-refractivity contribution in [1.82, 2.24) is 4.98 Å². The highest BCUT2D eigenvalue weighted by Gasteiger charge is 2.17. The molecule has 0 amide bonds. The minimum atomic E-state index is -0.108. The fourth-order valence-electron chi connectivity index (χ4n) is 1.90. The SMILES string of the molecule is COc1cc(OC)c2[nH]c(C)c(C)c(=O)c2c1Cl. The Bertz CT molecular complexity index is 676. The summed E-state index contributed by atoms with van der Waals surface area (Å²) in [6.45, 7) is 3.60. The number of benzene rings is 1. The van der Waals surface area contributed by atoms with Crippen molar-refractivity contribution < 1.29 is 9.47 Å². The maximum absolute atomic E-state index is 12.3. The first-order valence-corrected chi connectivity index (χ1v) is 5.82. The van der Waals surface area contributed by atoms with Crippen LogP contribution >= 0.6 is 11.6 Å². The number of pyridine rings is 1. The van der Waals surface area contributed by atoms with Crippen LogP contribution in [0.1, 0.15) is 11.3 Å². The lowest BCUT2D eigenvalue weighted by atomic mass is 10.1. The van der Waals surface area contributed by atoms with Crippen LogP contribution in [0.5, 0.6) is 11.5 Å². The van der Waals surface area contributed by atoms with E-state index in [2.05, 4.69) is 4.98 Å². The number of aryl methyl sites for hydroxylation is 1. The Kier molecular flexibility index (Phi) is 3.22. The molecule has 1 heterocycles. The van der Waals surface area contributed by atoms with E-state index in [9.17, 15) is 4.79 Å². The third kappa shape index (κ3) is 1.73. The fraction of sp³-hybridized carbons (Fsp3) is 0.308. The van der Waals surface area contributed by atoms with Gasteiger partial charge in [0.25, 0.3) is 0 Å². The predicted octanol–water partition coefficient (Wildman–Crippen LogP) is 2.82. The van der Waals surface area contributed by atoms with Crippen molar-refractivity contribution in [2.45, 2.75) is 13.8 Å². The van der Waals surface area contributed by atoms with Gasteiger partial charge in [-0.15, -0.1) is 0 Å². The Balaban J connectivity index is 3.05. The molecule has 0 radical (unpaired) electrons. The van der Waals surface area contributed by atoms with Crippen molar-refractivity contribution >= 4 is 22.5 Å². The van der Waals surface area contributed by atoms with Crippen LogP contribution in [0.4, 0.5) is 0 Å². The van der Waals surface area contributed by atoms with Crippen LogP contribution in [0, 0.1) is 13.8 Å². The summed E-state index contributed by atoms with van der Waals surface area (Å²) in [7, 11) is 3.04. The largest absolute Gasteiger partial charge is 0.495 e. The average molecular weight is 268 g/mol. The summed E-state index contributed by atoms with van der Waals surface area (Å²) in [6, 6.07) is 1.66. The maximum Gasteiger partial charge on any atom is 0.194 e. The third-order valence-electron chi connectivity index (χ3n) is 3.08. The first kappa shape index (κ1) is 12.8. The van der Waals surface area contributed by atoms with Crippen LogP contribution in [0.15, 0.2) is 10.9 Å². The van der Waals surface area contributed by atoms with Crippen LogP contribution in [-0.4, -0.2) is 19.2 Å². The summed E-state index contributed by atoms with van der Waals surface area (Å²) in [6.07, 6.45) is 0. The molecule has 0 unspecified atom stereocenters. The molecule has 0 atom stereocenters. The quantitative estimate of drug-likeness (QED) is 0.910. The molecule has 0 saturated heterocycles. The Morgan fingerprint density at radius 3 is 2.33 bits per heavy atom. The van der Waals surface area contributed by atoms with Crippen molar-refractivity contribution in [2.75, 3.05) is 14.2 Å². The van der Waals surface area contributed by atoms with E-state index in [0.29, 0.717) is 33.0 Å². The van der Waals surface area contributed by atoms with Crippen molar-refractivity contribution in [3.05, 3.63) is 32.6 Å². The molecule has 0 fully saturated rings. The smallest absolute Gasteiger partial charge is 0.194 e. The van der Waals surface area contributed by atoms with Crippen LogP contribution in [-0.2, 0) is 0 Å². The third-order valence-corrected chi connectivity index (χ3v) is 3.45. The summed E-state index contributed by atoms with van der Waals surface area (Å²) < 4.78 is 10.4. The monoisotopic (exact) mass is 267 g/mol. The zero-order chi connectivity index (χ0) is 13.4. The van der Waals surface area contributed by atoms with Crippen molar-refractivity contribution in [1.29, 1.82) is 0 Å². The minimum absolute atomic E-state index is 0.108. The van der Waals surface area contributed by atoms with Crippen molar-refractivity contribution in [2.24, 2.45) is 0 Å². The highest BCUT2D eigenvalue weighted by molar-refractivity contribution is 6.37. The highest BCUT2D eigenvalue weighted by Crippen LogP contribution is 2.36.